The van der Waals surface area contributed by atoms with Crippen LogP contribution in [0.4, 0.5) is 0 Å². The Balaban J connectivity index is 1.17. The van der Waals surface area contributed by atoms with E-state index in [0.717, 1.165) is 28.4 Å². The van der Waals surface area contributed by atoms with Gasteiger partial charge in [-0.15, -0.1) is 11.3 Å². The highest BCUT2D eigenvalue weighted by molar-refractivity contribution is 7.21. The van der Waals surface area contributed by atoms with Gasteiger partial charge < -0.3 is 9.88 Å². The Morgan fingerprint density at radius 3 is 1.81 bits per heavy atom. The lowest BCUT2D eigenvalue weighted by atomic mass is 9.66. The van der Waals surface area contributed by atoms with Crippen LogP contribution in [0.2, 0.25) is 0 Å². The summed E-state index contributed by atoms with van der Waals surface area (Å²) >= 11 is 1.94. The molecule has 0 fully saturated rings. The molecule has 0 radical (unpaired) electrons. The predicted molar refractivity (Wildman–Crippen MR) is 242 cm³/mol. The Bertz CT molecular complexity index is 3270. The van der Waals surface area contributed by atoms with Crippen LogP contribution in [-0.4, -0.2) is 16.2 Å². The number of aromatic nitrogens is 1. The summed E-state index contributed by atoms with van der Waals surface area (Å²) in [4.78, 5) is 12.0. The maximum atomic E-state index is 5.39. The number of aliphatic imine (C=N–C) groups is 2. The van der Waals surface area contributed by atoms with Gasteiger partial charge in [0.2, 0.25) is 0 Å². The zero-order valence-electron chi connectivity index (χ0n) is 31.7. The zero-order valence-corrected chi connectivity index (χ0v) is 32.5. The molecule has 4 nitrogen and oxygen atoms in total. The second kappa shape index (κ2) is 12.5. The van der Waals surface area contributed by atoms with Gasteiger partial charge in [0, 0.05) is 42.4 Å². The Hall–Kier alpha value is -7.08. The average molecular weight is 761 g/mol. The third kappa shape index (κ3) is 4.62. The molecular weight excluding hydrogens is 725 g/mol. The Labute approximate surface area is 340 Å². The number of nitrogens with zero attached hydrogens (tertiary/aromatic N) is 3. The van der Waals surface area contributed by atoms with Gasteiger partial charge in [-0.05, 0) is 52.6 Å². The lowest BCUT2D eigenvalue weighted by molar-refractivity contribution is 0.518. The summed E-state index contributed by atoms with van der Waals surface area (Å²) in [5.74, 6) is 1.60. The van der Waals surface area contributed by atoms with E-state index in [1.165, 1.54) is 69.9 Å². The Kier molecular flexibility index (Phi) is 7.11. The zero-order chi connectivity index (χ0) is 38.4. The van der Waals surface area contributed by atoms with Crippen LogP contribution in [0.5, 0.6) is 0 Å². The Morgan fingerprint density at radius 1 is 0.500 bits per heavy atom. The maximum Gasteiger partial charge on any atom is 0.177 e. The van der Waals surface area contributed by atoms with E-state index >= 15 is 0 Å². The van der Waals surface area contributed by atoms with Crippen molar-refractivity contribution in [2.75, 3.05) is 0 Å². The van der Waals surface area contributed by atoms with E-state index in [1.807, 2.05) is 23.5 Å². The summed E-state index contributed by atoms with van der Waals surface area (Å²) in [7, 11) is 0. The van der Waals surface area contributed by atoms with Crippen LogP contribution in [0.25, 0.3) is 48.4 Å². The van der Waals surface area contributed by atoms with Gasteiger partial charge in [0.25, 0.3) is 0 Å². The molecule has 1 unspecified atom stereocenters. The molecule has 1 atom stereocenters. The normalized spacial score (nSPS) is 16.9. The van der Waals surface area contributed by atoms with Crippen molar-refractivity contribution < 1.29 is 0 Å². The van der Waals surface area contributed by atoms with Gasteiger partial charge in [0.15, 0.2) is 5.66 Å². The van der Waals surface area contributed by atoms with Crippen LogP contribution < -0.4 is 5.32 Å². The second-order valence-corrected chi connectivity index (χ2v) is 16.5. The minimum atomic E-state index is -0.815. The summed E-state index contributed by atoms with van der Waals surface area (Å²) in [6.07, 6.45) is 0. The summed E-state index contributed by atoms with van der Waals surface area (Å²) in [5, 5.41) is 9.89. The van der Waals surface area contributed by atoms with Gasteiger partial charge >= 0.3 is 0 Å². The molecule has 2 aliphatic rings. The van der Waals surface area contributed by atoms with E-state index < -0.39 is 11.1 Å². The van der Waals surface area contributed by atoms with E-state index in [-0.39, 0.29) is 0 Å². The van der Waals surface area contributed by atoms with E-state index in [4.69, 9.17) is 9.98 Å². The van der Waals surface area contributed by atoms with Gasteiger partial charge in [-0.2, -0.15) is 0 Å². The van der Waals surface area contributed by atoms with Gasteiger partial charge in [-0.3, -0.25) is 0 Å². The first-order chi connectivity index (χ1) is 28.6. The van der Waals surface area contributed by atoms with E-state index in [9.17, 15) is 0 Å². The Morgan fingerprint density at radius 2 is 1.10 bits per heavy atom. The number of fused-ring (bicyclic) bond motifs is 9. The standard InChI is InChI=1S/C53H36N4S/c1-52(37-20-8-3-9-21-37)55-50(35-18-6-2-7-19-35)54-51(56-52)36-30-32-45-43(33-36)41-27-16-28-44-46(41)57(45)47-42-31-29-34-17-14-15-26-40(34)48(42)58-49(47)53(44,38-22-10-4-11-23-38)39-24-12-5-13-25-39/h2-33H,1H3,(H,54,55,56). The van der Waals surface area contributed by atoms with Crippen molar-refractivity contribution in [3.8, 4) is 5.69 Å². The van der Waals surface area contributed by atoms with Crippen molar-refractivity contribution in [1.29, 1.82) is 0 Å². The molecule has 1 N–H and O–H groups in total. The number of hydrogen-bond donors (Lipinski definition) is 1. The average Bonchev–Trinajstić information content (AvgIpc) is 3.85. The maximum absolute atomic E-state index is 5.39. The third-order valence-electron chi connectivity index (χ3n) is 12.3. The molecule has 4 heterocycles. The predicted octanol–water partition coefficient (Wildman–Crippen LogP) is 12.5. The van der Waals surface area contributed by atoms with Crippen molar-refractivity contribution in [2.45, 2.75) is 18.0 Å². The van der Waals surface area contributed by atoms with Crippen LogP contribution in [0, 0.1) is 0 Å². The van der Waals surface area contributed by atoms with Crippen molar-refractivity contribution in [1.82, 2.24) is 9.88 Å². The van der Waals surface area contributed by atoms with Gasteiger partial charge in [0.05, 0.1) is 22.1 Å². The SMILES string of the molecule is CC1(c2ccccc2)N=C(c2ccccc2)NC(c2ccc3c(c2)c2cccc4c2n3-c2c(sc3c2ccc2ccccc23)C4(c2ccccc2)c2ccccc2)=N1. The molecule has 0 bridgehead atoms. The van der Waals surface area contributed by atoms with Gasteiger partial charge in [0.1, 0.15) is 11.7 Å². The largest absolute Gasteiger partial charge is 0.324 e. The van der Waals surface area contributed by atoms with Gasteiger partial charge in [-0.1, -0.05) is 176 Å². The minimum absolute atomic E-state index is 0.553. The first-order valence-corrected chi connectivity index (χ1v) is 20.7. The molecule has 0 saturated carbocycles. The fourth-order valence-electron chi connectivity index (χ4n) is 9.66. The second-order valence-electron chi connectivity index (χ2n) is 15.5. The van der Waals surface area contributed by atoms with E-state index in [2.05, 4.69) is 199 Å². The van der Waals surface area contributed by atoms with Crippen molar-refractivity contribution in [2.24, 2.45) is 9.98 Å². The number of hydrogen-bond acceptors (Lipinski definition) is 4. The van der Waals surface area contributed by atoms with Crippen LogP contribution in [0.3, 0.4) is 0 Å². The van der Waals surface area contributed by atoms with Crippen molar-refractivity contribution in [3.05, 3.63) is 232 Å². The van der Waals surface area contributed by atoms with Gasteiger partial charge in [-0.25, -0.2) is 9.98 Å². The molecule has 2 aromatic heterocycles. The molecule has 8 aromatic carbocycles. The van der Waals surface area contributed by atoms with Crippen LogP contribution in [-0.2, 0) is 11.1 Å². The molecule has 0 aliphatic carbocycles. The van der Waals surface area contributed by atoms with E-state index in [1.54, 1.807) is 0 Å². The van der Waals surface area contributed by atoms with Crippen molar-refractivity contribution in [3.63, 3.8) is 0 Å². The summed E-state index contributed by atoms with van der Waals surface area (Å²) in [6.45, 7) is 2.10. The smallest absolute Gasteiger partial charge is 0.177 e. The van der Waals surface area contributed by atoms with Crippen LogP contribution in [0.1, 0.15) is 45.2 Å². The number of nitrogens with one attached hydrogen (secondary N) is 1. The first kappa shape index (κ1) is 33.1. The first-order valence-electron chi connectivity index (χ1n) is 19.8. The molecule has 0 amide bonds. The molecule has 58 heavy (non-hydrogen) atoms. The number of benzene rings is 8. The molecule has 5 heteroatoms. The molecule has 0 saturated heterocycles. The van der Waals surface area contributed by atoms with E-state index in [0.29, 0.717) is 0 Å². The number of amidine groups is 2. The molecular formula is C53H36N4S. The summed E-state index contributed by atoms with van der Waals surface area (Å²) in [5.41, 5.74) is 9.18. The number of thiophene rings is 1. The number of rotatable bonds is 5. The highest BCUT2D eigenvalue weighted by atomic mass is 32.1. The fourth-order valence-corrected chi connectivity index (χ4v) is 11.2. The lowest BCUT2D eigenvalue weighted by Crippen LogP contribution is -2.40. The molecule has 10 aromatic rings. The fraction of sp³-hybridized carbons (Fsp3) is 0.0566. The number of para-hydroxylation sites is 1. The third-order valence-corrected chi connectivity index (χ3v) is 13.6. The van der Waals surface area contributed by atoms with Crippen LogP contribution >= 0.6 is 11.3 Å². The summed E-state index contributed by atoms with van der Waals surface area (Å²) in [6, 6.07) is 70.3. The minimum Gasteiger partial charge on any atom is -0.324 e. The highest BCUT2D eigenvalue weighted by Crippen LogP contribution is 2.58. The molecule has 12 rings (SSSR count). The quantitative estimate of drug-likeness (QED) is 0.186. The monoisotopic (exact) mass is 760 g/mol. The van der Waals surface area contributed by atoms with Crippen LogP contribution in [0.15, 0.2) is 204 Å². The van der Waals surface area contributed by atoms with Crippen molar-refractivity contribution >= 4 is 65.7 Å². The lowest BCUT2D eigenvalue weighted by Gasteiger charge is -2.40. The summed E-state index contributed by atoms with van der Waals surface area (Å²) < 4.78 is 3.88. The molecule has 2 aliphatic heterocycles. The highest BCUT2D eigenvalue weighted by Gasteiger charge is 2.47. The molecule has 0 spiro atoms. The molecule has 274 valence electrons. The topological polar surface area (TPSA) is 41.7 Å².